The molecular formula is C16H24O. The van der Waals surface area contributed by atoms with Gasteiger partial charge in [-0.25, -0.2) is 0 Å². The predicted molar refractivity (Wildman–Crippen MR) is 73.3 cm³/mol. The van der Waals surface area contributed by atoms with E-state index in [-0.39, 0.29) is 0 Å². The normalized spacial score (nSPS) is 12.8. The van der Waals surface area contributed by atoms with Gasteiger partial charge in [-0.3, -0.25) is 4.79 Å². The second-order valence-electron chi connectivity index (χ2n) is 5.33. The van der Waals surface area contributed by atoms with E-state index in [4.69, 9.17) is 0 Å². The molecule has 94 valence electrons. The third kappa shape index (κ3) is 4.72. The lowest BCUT2D eigenvalue weighted by Crippen LogP contribution is -2.07. The number of carbonyl (C=O) groups is 1. The molecule has 0 spiro atoms. The number of benzene rings is 1. The predicted octanol–water partition coefficient (Wildman–Crippen LogP) is 4.36. The summed E-state index contributed by atoms with van der Waals surface area (Å²) in [6, 6.07) is 8.45. The van der Waals surface area contributed by atoms with Crippen molar-refractivity contribution < 1.29 is 4.79 Å². The molecule has 0 aliphatic rings. The summed E-state index contributed by atoms with van der Waals surface area (Å²) in [7, 11) is 0. The number of hydrogen-bond donors (Lipinski definition) is 0. The van der Waals surface area contributed by atoms with Gasteiger partial charge in [0.1, 0.15) is 5.78 Å². The van der Waals surface area contributed by atoms with Crippen molar-refractivity contribution in [1.82, 2.24) is 0 Å². The average Bonchev–Trinajstić information content (AvgIpc) is 2.29. The van der Waals surface area contributed by atoms with Gasteiger partial charge in [0.2, 0.25) is 0 Å². The summed E-state index contributed by atoms with van der Waals surface area (Å²) in [5.74, 6) is 1.42. The first-order valence-corrected chi connectivity index (χ1v) is 6.63. The van der Waals surface area contributed by atoms with Crippen molar-refractivity contribution in [1.29, 1.82) is 0 Å². The number of ketones is 1. The number of Topliss-reactive ketones (excluding diaryl/α,β-unsaturated/α-hetero) is 1. The zero-order valence-electron chi connectivity index (χ0n) is 11.5. The van der Waals surface area contributed by atoms with Gasteiger partial charge in [0, 0.05) is 12.8 Å². The fraction of sp³-hybridized carbons (Fsp3) is 0.562. The van der Waals surface area contributed by atoms with E-state index in [1.807, 2.05) is 0 Å². The molecule has 1 aromatic rings. The molecule has 0 aliphatic heterocycles. The quantitative estimate of drug-likeness (QED) is 0.712. The number of rotatable bonds is 6. The molecule has 0 amide bonds. The van der Waals surface area contributed by atoms with E-state index in [2.05, 4.69) is 52.0 Å². The third-order valence-corrected chi connectivity index (χ3v) is 3.32. The first kappa shape index (κ1) is 14.0. The first-order valence-electron chi connectivity index (χ1n) is 6.63. The molecule has 0 saturated carbocycles. The maximum absolute atomic E-state index is 11.8. The van der Waals surface area contributed by atoms with Gasteiger partial charge in [0.25, 0.3) is 0 Å². The lowest BCUT2D eigenvalue weighted by molar-refractivity contribution is -0.119. The van der Waals surface area contributed by atoms with E-state index in [1.165, 1.54) is 5.56 Å². The van der Waals surface area contributed by atoms with Gasteiger partial charge in [-0.2, -0.15) is 0 Å². The Morgan fingerprint density at radius 1 is 1.12 bits per heavy atom. The Kier molecular flexibility index (Phi) is 5.40. The van der Waals surface area contributed by atoms with Crippen LogP contribution in [-0.4, -0.2) is 5.78 Å². The van der Waals surface area contributed by atoms with Crippen LogP contribution in [0.25, 0.3) is 0 Å². The summed E-state index contributed by atoms with van der Waals surface area (Å²) in [4.78, 5) is 11.8. The van der Waals surface area contributed by atoms with Crippen LogP contribution in [0.2, 0.25) is 0 Å². The van der Waals surface area contributed by atoms with E-state index >= 15 is 0 Å². The Labute approximate surface area is 105 Å². The van der Waals surface area contributed by atoms with Gasteiger partial charge in [-0.05, 0) is 23.0 Å². The van der Waals surface area contributed by atoms with E-state index < -0.39 is 0 Å². The zero-order chi connectivity index (χ0) is 12.8. The summed E-state index contributed by atoms with van der Waals surface area (Å²) in [6.07, 6.45) is 2.38. The second-order valence-corrected chi connectivity index (χ2v) is 5.33. The third-order valence-electron chi connectivity index (χ3n) is 3.32. The molecule has 0 bridgehead atoms. The summed E-state index contributed by atoms with van der Waals surface area (Å²) < 4.78 is 0. The largest absolute Gasteiger partial charge is 0.299 e. The highest BCUT2D eigenvalue weighted by molar-refractivity contribution is 5.81. The molecule has 0 heterocycles. The molecule has 17 heavy (non-hydrogen) atoms. The standard InChI is InChI=1S/C16H24O/c1-5-13(4)10-16(17)11-14-6-8-15(9-7-14)12(2)3/h6-9,12-13H,5,10-11H2,1-4H3. The topological polar surface area (TPSA) is 17.1 Å². The summed E-state index contributed by atoms with van der Waals surface area (Å²) in [6.45, 7) is 8.64. The molecule has 1 aromatic carbocycles. The lowest BCUT2D eigenvalue weighted by Gasteiger charge is -2.08. The molecule has 1 atom stereocenters. The highest BCUT2D eigenvalue weighted by atomic mass is 16.1. The molecule has 0 aliphatic carbocycles. The van der Waals surface area contributed by atoms with Crippen LogP contribution >= 0.6 is 0 Å². The fourth-order valence-electron chi connectivity index (χ4n) is 1.85. The molecule has 0 N–H and O–H groups in total. The Morgan fingerprint density at radius 3 is 2.18 bits per heavy atom. The second kappa shape index (κ2) is 6.58. The van der Waals surface area contributed by atoms with Crippen molar-refractivity contribution in [3.8, 4) is 0 Å². The minimum absolute atomic E-state index is 0.358. The van der Waals surface area contributed by atoms with Gasteiger partial charge in [-0.15, -0.1) is 0 Å². The Morgan fingerprint density at radius 2 is 1.71 bits per heavy atom. The van der Waals surface area contributed by atoms with E-state index in [1.54, 1.807) is 0 Å². The molecule has 1 heteroatoms. The molecule has 1 nitrogen and oxygen atoms in total. The van der Waals surface area contributed by atoms with Gasteiger partial charge in [0.05, 0.1) is 0 Å². The van der Waals surface area contributed by atoms with Gasteiger partial charge in [0.15, 0.2) is 0 Å². The molecule has 0 radical (unpaired) electrons. The van der Waals surface area contributed by atoms with Crippen LogP contribution in [0.4, 0.5) is 0 Å². The van der Waals surface area contributed by atoms with Crippen molar-refractivity contribution >= 4 is 5.78 Å². The van der Waals surface area contributed by atoms with Crippen molar-refractivity contribution in [3.05, 3.63) is 35.4 Å². The van der Waals surface area contributed by atoms with Gasteiger partial charge >= 0.3 is 0 Å². The monoisotopic (exact) mass is 232 g/mol. The van der Waals surface area contributed by atoms with Crippen molar-refractivity contribution in [2.24, 2.45) is 5.92 Å². The highest BCUT2D eigenvalue weighted by Gasteiger charge is 2.08. The van der Waals surface area contributed by atoms with Gasteiger partial charge in [-0.1, -0.05) is 58.4 Å². The minimum Gasteiger partial charge on any atom is -0.299 e. The maximum atomic E-state index is 11.8. The SMILES string of the molecule is CCC(C)CC(=O)Cc1ccc(C(C)C)cc1. The summed E-state index contributed by atoms with van der Waals surface area (Å²) >= 11 is 0. The van der Waals surface area contributed by atoms with Crippen LogP contribution in [0.3, 0.4) is 0 Å². The summed E-state index contributed by atoms with van der Waals surface area (Å²) in [5.41, 5.74) is 2.48. The lowest BCUT2D eigenvalue weighted by atomic mass is 9.96. The van der Waals surface area contributed by atoms with Crippen molar-refractivity contribution in [3.63, 3.8) is 0 Å². The smallest absolute Gasteiger partial charge is 0.137 e. The van der Waals surface area contributed by atoms with E-state index in [9.17, 15) is 4.79 Å². The van der Waals surface area contributed by atoms with E-state index in [0.717, 1.165) is 12.0 Å². The first-order chi connectivity index (χ1) is 8.02. The summed E-state index contributed by atoms with van der Waals surface area (Å²) in [5, 5.41) is 0. The van der Waals surface area contributed by atoms with Crippen molar-refractivity contribution in [2.45, 2.75) is 52.9 Å². The number of hydrogen-bond acceptors (Lipinski definition) is 1. The van der Waals surface area contributed by atoms with Crippen LogP contribution in [0, 0.1) is 5.92 Å². The molecule has 1 unspecified atom stereocenters. The van der Waals surface area contributed by atoms with Gasteiger partial charge < -0.3 is 0 Å². The molecule has 0 fully saturated rings. The van der Waals surface area contributed by atoms with Crippen LogP contribution in [0.15, 0.2) is 24.3 Å². The van der Waals surface area contributed by atoms with Crippen LogP contribution in [-0.2, 0) is 11.2 Å². The van der Waals surface area contributed by atoms with Crippen LogP contribution in [0.1, 0.15) is 57.6 Å². The number of carbonyl (C=O) groups excluding carboxylic acids is 1. The van der Waals surface area contributed by atoms with E-state index in [0.29, 0.717) is 30.5 Å². The fourth-order valence-corrected chi connectivity index (χ4v) is 1.85. The molecule has 0 aromatic heterocycles. The molecule has 1 rings (SSSR count). The van der Waals surface area contributed by atoms with Crippen LogP contribution in [0.5, 0.6) is 0 Å². The van der Waals surface area contributed by atoms with Crippen molar-refractivity contribution in [2.75, 3.05) is 0 Å². The van der Waals surface area contributed by atoms with Crippen LogP contribution < -0.4 is 0 Å². The minimum atomic E-state index is 0.358. The highest BCUT2D eigenvalue weighted by Crippen LogP contribution is 2.16. The average molecular weight is 232 g/mol. The maximum Gasteiger partial charge on any atom is 0.137 e. The molecular weight excluding hydrogens is 208 g/mol. The Hall–Kier alpha value is -1.11. The molecule has 0 saturated heterocycles. The zero-order valence-corrected chi connectivity index (χ0v) is 11.5. The Bertz CT molecular complexity index is 348. The Balaban J connectivity index is 2.54.